The molecule has 9 heteroatoms. The number of fused-ring (bicyclic) bond motifs is 1. The van der Waals surface area contributed by atoms with Crippen LogP contribution < -0.4 is 5.32 Å². The SMILES string of the molecule is Cc1sc2nc(CN3CCOCC3)nc(NCc3nncn3C(C)C)c2c1C. The molecule has 4 rings (SSSR count). The maximum Gasteiger partial charge on any atom is 0.152 e. The van der Waals surface area contributed by atoms with Crippen molar-refractivity contribution >= 4 is 27.4 Å². The fourth-order valence-electron chi connectivity index (χ4n) is 3.44. The molecule has 1 N–H and O–H groups in total. The van der Waals surface area contributed by atoms with Crippen molar-refractivity contribution in [3.63, 3.8) is 0 Å². The van der Waals surface area contributed by atoms with Crippen LogP contribution >= 0.6 is 11.3 Å². The van der Waals surface area contributed by atoms with Gasteiger partial charge >= 0.3 is 0 Å². The van der Waals surface area contributed by atoms with Gasteiger partial charge in [-0.25, -0.2) is 9.97 Å². The number of hydrogen-bond donors (Lipinski definition) is 1. The van der Waals surface area contributed by atoms with Crippen LogP contribution in [0.1, 0.15) is 42.0 Å². The highest BCUT2D eigenvalue weighted by atomic mass is 32.1. The average molecular weight is 402 g/mol. The van der Waals surface area contributed by atoms with Crippen LogP contribution in [-0.4, -0.2) is 55.9 Å². The van der Waals surface area contributed by atoms with Crippen molar-refractivity contribution < 1.29 is 4.74 Å². The summed E-state index contributed by atoms with van der Waals surface area (Å²) in [6.45, 7) is 13.2. The Morgan fingerprint density at radius 1 is 1.21 bits per heavy atom. The Morgan fingerprint density at radius 3 is 2.75 bits per heavy atom. The van der Waals surface area contributed by atoms with Crippen LogP contribution in [0.2, 0.25) is 0 Å². The Hall–Kier alpha value is -2.10. The van der Waals surface area contributed by atoms with Crippen LogP contribution in [0.3, 0.4) is 0 Å². The van der Waals surface area contributed by atoms with Gasteiger partial charge in [0.25, 0.3) is 0 Å². The molecule has 1 saturated heterocycles. The summed E-state index contributed by atoms with van der Waals surface area (Å²) in [5.41, 5.74) is 1.24. The third-order valence-corrected chi connectivity index (χ3v) is 6.26. The minimum atomic E-state index is 0.319. The number of morpholine rings is 1. The fourth-order valence-corrected chi connectivity index (χ4v) is 4.49. The van der Waals surface area contributed by atoms with Gasteiger partial charge in [0.1, 0.15) is 22.8 Å². The Bertz CT molecular complexity index is 959. The molecule has 0 unspecified atom stereocenters. The van der Waals surface area contributed by atoms with Crippen LogP contribution in [0, 0.1) is 13.8 Å². The van der Waals surface area contributed by atoms with E-state index in [1.165, 1.54) is 10.4 Å². The quantitative estimate of drug-likeness (QED) is 0.680. The molecular formula is C19H27N7OS. The van der Waals surface area contributed by atoms with Crippen LogP contribution in [0.4, 0.5) is 5.82 Å². The van der Waals surface area contributed by atoms with E-state index < -0.39 is 0 Å². The second-order valence-electron chi connectivity index (χ2n) is 7.44. The first kappa shape index (κ1) is 19.2. The van der Waals surface area contributed by atoms with Gasteiger partial charge in [-0.3, -0.25) is 4.90 Å². The smallest absolute Gasteiger partial charge is 0.152 e. The molecule has 0 aliphatic carbocycles. The molecule has 0 saturated carbocycles. The number of aryl methyl sites for hydroxylation is 2. The molecule has 0 amide bonds. The molecule has 0 atom stereocenters. The van der Waals surface area contributed by atoms with Gasteiger partial charge in [0.05, 0.1) is 31.7 Å². The van der Waals surface area contributed by atoms with Gasteiger partial charge in [0.15, 0.2) is 5.82 Å². The monoisotopic (exact) mass is 401 g/mol. The van der Waals surface area contributed by atoms with Gasteiger partial charge in [0.2, 0.25) is 0 Å². The number of rotatable bonds is 6. The summed E-state index contributed by atoms with van der Waals surface area (Å²) in [7, 11) is 0. The zero-order chi connectivity index (χ0) is 19.7. The molecule has 4 heterocycles. The van der Waals surface area contributed by atoms with Crippen LogP contribution in [0.15, 0.2) is 6.33 Å². The van der Waals surface area contributed by atoms with Crippen molar-refractivity contribution in [2.75, 3.05) is 31.6 Å². The first-order valence-electron chi connectivity index (χ1n) is 9.72. The lowest BCUT2D eigenvalue weighted by Crippen LogP contribution is -2.36. The normalized spacial score (nSPS) is 15.6. The third kappa shape index (κ3) is 3.87. The summed E-state index contributed by atoms with van der Waals surface area (Å²) in [5, 5.41) is 12.9. The largest absolute Gasteiger partial charge is 0.379 e. The van der Waals surface area contributed by atoms with Crippen LogP contribution in [0.25, 0.3) is 10.2 Å². The van der Waals surface area contributed by atoms with E-state index in [2.05, 4.69) is 52.7 Å². The van der Waals surface area contributed by atoms with Crippen LogP contribution in [0.5, 0.6) is 0 Å². The Morgan fingerprint density at radius 2 is 2.00 bits per heavy atom. The summed E-state index contributed by atoms with van der Waals surface area (Å²) in [4.78, 5) is 14.4. The van der Waals surface area contributed by atoms with Gasteiger partial charge in [0, 0.05) is 24.0 Å². The van der Waals surface area contributed by atoms with E-state index in [0.717, 1.165) is 60.5 Å². The third-order valence-electron chi connectivity index (χ3n) is 5.16. The van der Waals surface area contributed by atoms with Crippen molar-refractivity contribution in [3.8, 4) is 0 Å². The Labute approximate surface area is 169 Å². The Kier molecular flexibility index (Phi) is 5.56. The molecule has 1 aliphatic heterocycles. The van der Waals surface area contributed by atoms with Gasteiger partial charge in [-0.2, -0.15) is 0 Å². The van der Waals surface area contributed by atoms with E-state index >= 15 is 0 Å². The molecule has 8 nitrogen and oxygen atoms in total. The highest BCUT2D eigenvalue weighted by Gasteiger charge is 2.18. The Balaban J connectivity index is 1.63. The summed E-state index contributed by atoms with van der Waals surface area (Å²) in [6.07, 6.45) is 1.78. The molecule has 150 valence electrons. The van der Waals surface area contributed by atoms with Crippen molar-refractivity contribution in [2.24, 2.45) is 0 Å². The zero-order valence-corrected chi connectivity index (χ0v) is 17.7. The minimum absolute atomic E-state index is 0.319. The van der Waals surface area contributed by atoms with Crippen molar-refractivity contribution in [1.82, 2.24) is 29.6 Å². The maximum absolute atomic E-state index is 5.45. The molecular weight excluding hydrogens is 374 g/mol. The van der Waals surface area contributed by atoms with E-state index in [9.17, 15) is 0 Å². The number of anilines is 1. The molecule has 1 fully saturated rings. The average Bonchev–Trinajstić information content (AvgIpc) is 3.25. The van der Waals surface area contributed by atoms with Gasteiger partial charge in [-0.15, -0.1) is 21.5 Å². The zero-order valence-electron chi connectivity index (χ0n) is 16.9. The number of thiophene rings is 1. The molecule has 0 radical (unpaired) electrons. The predicted octanol–water partition coefficient (Wildman–Crippen LogP) is 2.92. The van der Waals surface area contributed by atoms with E-state index in [4.69, 9.17) is 14.7 Å². The molecule has 0 aromatic carbocycles. The lowest BCUT2D eigenvalue weighted by molar-refractivity contribution is 0.0331. The first-order valence-corrected chi connectivity index (χ1v) is 10.5. The van der Waals surface area contributed by atoms with E-state index in [-0.39, 0.29) is 0 Å². The second-order valence-corrected chi connectivity index (χ2v) is 8.65. The van der Waals surface area contributed by atoms with Gasteiger partial charge < -0.3 is 14.6 Å². The molecule has 3 aromatic heterocycles. The fraction of sp³-hybridized carbons (Fsp3) is 0.579. The van der Waals surface area contributed by atoms with Crippen LogP contribution in [-0.2, 0) is 17.8 Å². The standard InChI is InChI=1S/C19H27N7OS/c1-12(2)26-11-21-24-16(26)9-20-18-17-13(3)14(4)28-19(17)23-15(22-18)10-25-5-7-27-8-6-25/h11-12H,5-10H2,1-4H3,(H,20,22,23). The molecule has 0 spiro atoms. The topological polar surface area (TPSA) is 81.0 Å². The number of hydrogen-bond acceptors (Lipinski definition) is 8. The van der Waals surface area contributed by atoms with E-state index in [0.29, 0.717) is 12.6 Å². The lowest BCUT2D eigenvalue weighted by Gasteiger charge is -2.25. The van der Waals surface area contributed by atoms with Crippen molar-refractivity contribution in [1.29, 1.82) is 0 Å². The summed E-state index contributed by atoms with van der Waals surface area (Å²) < 4.78 is 7.53. The molecule has 3 aromatic rings. The van der Waals surface area contributed by atoms with Gasteiger partial charge in [-0.1, -0.05) is 0 Å². The number of nitrogens with one attached hydrogen (secondary N) is 1. The highest BCUT2D eigenvalue weighted by Crippen LogP contribution is 2.33. The summed E-state index contributed by atoms with van der Waals surface area (Å²) in [6, 6.07) is 0.319. The van der Waals surface area contributed by atoms with Crippen molar-refractivity contribution in [2.45, 2.75) is 46.8 Å². The number of aromatic nitrogens is 5. The molecule has 28 heavy (non-hydrogen) atoms. The maximum atomic E-state index is 5.45. The number of ether oxygens (including phenoxy) is 1. The lowest BCUT2D eigenvalue weighted by atomic mass is 10.2. The van der Waals surface area contributed by atoms with Gasteiger partial charge in [-0.05, 0) is 33.3 Å². The highest BCUT2D eigenvalue weighted by molar-refractivity contribution is 7.18. The predicted molar refractivity (Wildman–Crippen MR) is 111 cm³/mol. The second kappa shape index (κ2) is 8.10. The van der Waals surface area contributed by atoms with E-state index in [1.807, 2.05) is 0 Å². The molecule has 0 bridgehead atoms. The molecule has 1 aliphatic rings. The number of nitrogens with zero attached hydrogens (tertiary/aromatic N) is 6. The van der Waals surface area contributed by atoms with Crippen molar-refractivity contribution in [3.05, 3.63) is 28.4 Å². The van der Waals surface area contributed by atoms with E-state index in [1.54, 1.807) is 17.7 Å². The summed E-state index contributed by atoms with van der Waals surface area (Å²) in [5.74, 6) is 2.64. The first-order chi connectivity index (χ1) is 13.5. The summed E-state index contributed by atoms with van der Waals surface area (Å²) >= 11 is 1.73. The minimum Gasteiger partial charge on any atom is -0.379 e.